The molecule has 1 aromatic carbocycles. The van der Waals surface area contributed by atoms with Crippen LogP contribution in [0.4, 0.5) is 0 Å². The zero-order chi connectivity index (χ0) is 13.7. The molecule has 3 heteroatoms. The van der Waals surface area contributed by atoms with E-state index in [1.54, 1.807) is 0 Å². The van der Waals surface area contributed by atoms with Crippen molar-refractivity contribution in [2.75, 3.05) is 0 Å². The van der Waals surface area contributed by atoms with E-state index in [2.05, 4.69) is 5.32 Å². The Balaban J connectivity index is 2.05. The van der Waals surface area contributed by atoms with Crippen molar-refractivity contribution in [1.82, 2.24) is 5.32 Å². The third-order valence-corrected chi connectivity index (χ3v) is 4.65. The molecule has 4 rings (SSSR count). The van der Waals surface area contributed by atoms with E-state index >= 15 is 0 Å². The van der Waals surface area contributed by atoms with Gasteiger partial charge in [-0.05, 0) is 28.5 Å². The predicted molar refractivity (Wildman–Crippen MR) is 77.8 cm³/mol. The molecule has 1 heterocycles. The fourth-order valence-electron chi connectivity index (χ4n) is 3.73. The lowest BCUT2D eigenvalue weighted by Gasteiger charge is -2.47. The Morgan fingerprint density at radius 2 is 2.05 bits per heavy atom. The average molecular weight is 267 g/mol. The van der Waals surface area contributed by atoms with Gasteiger partial charge in [0.2, 0.25) is 0 Å². The molecular weight excluding hydrogens is 250 g/mol. The summed E-state index contributed by atoms with van der Waals surface area (Å²) in [6.07, 6.45) is 9.53. The molecule has 1 aromatic rings. The van der Waals surface area contributed by atoms with Gasteiger partial charge < -0.3 is 15.5 Å². The van der Waals surface area contributed by atoms with Crippen LogP contribution >= 0.6 is 0 Å². The summed E-state index contributed by atoms with van der Waals surface area (Å²) in [6, 6.07) is 8.06. The molecule has 3 nitrogen and oxygen atoms in total. The van der Waals surface area contributed by atoms with E-state index in [9.17, 15) is 10.2 Å². The fourth-order valence-corrected chi connectivity index (χ4v) is 3.73. The molecule has 1 saturated carbocycles. The van der Waals surface area contributed by atoms with Gasteiger partial charge >= 0.3 is 0 Å². The Morgan fingerprint density at radius 3 is 2.95 bits per heavy atom. The van der Waals surface area contributed by atoms with Crippen LogP contribution in [0.1, 0.15) is 6.42 Å². The molecule has 1 fully saturated rings. The molecule has 4 unspecified atom stereocenters. The van der Waals surface area contributed by atoms with Gasteiger partial charge in [-0.3, -0.25) is 0 Å². The van der Waals surface area contributed by atoms with E-state index in [0.29, 0.717) is 6.42 Å². The highest BCUT2D eigenvalue weighted by atomic mass is 16.3. The summed E-state index contributed by atoms with van der Waals surface area (Å²) in [5, 5.41) is 27.1. The van der Waals surface area contributed by atoms with E-state index in [0.717, 1.165) is 16.0 Å². The van der Waals surface area contributed by atoms with Crippen molar-refractivity contribution < 1.29 is 10.2 Å². The maximum atomic E-state index is 11.2. The second-order valence-electron chi connectivity index (χ2n) is 5.76. The molecule has 0 spiro atoms. The third-order valence-electron chi connectivity index (χ3n) is 4.65. The normalized spacial score (nSPS) is 37.3. The molecular formula is C17H17NO2. The number of hydrogen-bond acceptors (Lipinski definition) is 3. The van der Waals surface area contributed by atoms with Crippen LogP contribution in [0.2, 0.25) is 0 Å². The first-order chi connectivity index (χ1) is 9.70. The molecule has 3 N–H and O–H groups in total. The second-order valence-corrected chi connectivity index (χ2v) is 5.76. The van der Waals surface area contributed by atoms with E-state index in [1.165, 1.54) is 0 Å². The highest BCUT2D eigenvalue weighted by Crippen LogP contribution is 2.42. The summed E-state index contributed by atoms with van der Waals surface area (Å²) < 4.78 is 0. The van der Waals surface area contributed by atoms with Crippen LogP contribution in [0, 0.1) is 5.92 Å². The van der Waals surface area contributed by atoms with Crippen LogP contribution in [0.15, 0.2) is 48.6 Å². The summed E-state index contributed by atoms with van der Waals surface area (Å²) >= 11 is 0. The van der Waals surface area contributed by atoms with Gasteiger partial charge in [0, 0.05) is 12.1 Å². The Bertz CT molecular complexity index is 734. The largest absolute Gasteiger partial charge is 0.392 e. The predicted octanol–water partition coefficient (Wildman–Crippen LogP) is -0.215. The highest BCUT2D eigenvalue weighted by molar-refractivity contribution is 5.69. The number of allylic oxidation sites excluding steroid dienone is 2. The van der Waals surface area contributed by atoms with Crippen molar-refractivity contribution in [2.45, 2.75) is 24.2 Å². The van der Waals surface area contributed by atoms with Crippen LogP contribution < -0.4 is 15.8 Å². The molecule has 0 saturated heterocycles. The molecule has 2 aliphatic carbocycles. The van der Waals surface area contributed by atoms with Crippen LogP contribution in [0.25, 0.3) is 11.8 Å². The quantitative estimate of drug-likeness (QED) is 0.609. The first-order valence-electron chi connectivity index (χ1n) is 7.02. The zero-order valence-corrected chi connectivity index (χ0v) is 11.0. The molecule has 4 atom stereocenters. The Morgan fingerprint density at radius 1 is 1.20 bits per heavy atom. The number of rotatable bonds is 0. The zero-order valence-electron chi connectivity index (χ0n) is 11.0. The van der Waals surface area contributed by atoms with Crippen LogP contribution in [-0.4, -0.2) is 28.0 Å². The van der Waals surface area contributed by atoms with E-state index < -0.39 is 11.7 Å². The van der Waals surface area contributed by atoms with Gasteiger partial charge in [0.1, 0.15) is 5.60 Å². The minimum Gasteiger partial charge on any atom is -0.392 e. The highest BCUT2D eigenvalue weighted by Gasteiger charge is 2.49. The fraction of sp³-hybridized carbons (Fsp3) is 0.294. The molecule has 0 amide bonds. The Hall–Kier alpha value is -1.84. The molecule has 20 heavy (non-hydrogen) atoms. The average Bonchev–Trinajstić information content (AvgIpc) is 2.46. The lowest BCUT2D eigenvalue weighted by molar-refractivity contribution is -0.00669. The minimum atomic E-state index is -1.10. The van der Waals surface area contributed by atoms with Gasteiger partial charge in [0.05, 0.1) is 12.1 Å². The maximum Gasteiger partial charge on any atom is 0.116 e. The molecule has 102 valence electrons. The minimum absolute atomic E-state index is 0.0164. The SMILES string of the molecule is OC1CC2NC=c3ccccc3=C2C2(O)C=CC=CC12. The molecule has 0 radical (unpaired) electrons. The number of hydrogen-bond donors (Lipinski definition) is 3. The van der Waals surface area contributed by atoms with Gasteiger partial charge in [0.25, 0.3) is 0 Å². The summed E-state index contributed by atoms with van der Waals surface area (Å²) in [6.45, 7) is 0. The van der Waals surface area contributed by atoms with Gasteiger partial charge in [-0.2, -0.15) is 0 Å². The van der Waals surface area contributed by atoms with Crippen LogP contribution in [0.5, 0.6) is 0 Å². The number of fused-ring (bicyclic) bond motifs is 4. The van der Waals surface area contributed by atoms with Crippen LogP contribution in [-0.2, 0) is 0 Å². The van der Waals surface area contributed by atoms with Crippen molar-refractivity contribution >= 4 is 11.8 Å². The second kappa shape index (κ2) is 4.08. The smallest absolute Gasteiger partial charge is 0.116 e. The van der Waals surface area contributed by atoms with Gasteiger partial charge in [-0.15, -0.1) is 0 Å². The number of benzene rings is 1. The first-order valence-corrected chi connectivity index (χ1v) is 7.02. The van der Waals surface area contributed by atoms with Gasteiger partial charge in [-0.25, -0.2) is 0 Å². The first kappa shape index (κ1) is 11.9. The topological polar surface area (TPSA) is 52.5 Å². The molecule has 3 aliphatic rings. The number of aliphatic hydroxyl groups is 2. The van der Waals surface area contributed by atoms with Crippen molar-refractivity contribution in [3.05, 3.63) is 59.0 Å². The van der Waals surface area contributed by atoms with E-state index in [4.69, 9.17) is 0 Å². The molecule has 0 bridgehead atoms. The van der Waals surface area contributed by atoms with E-state index in [1.807, 2.05) is 54.8 Å². The molecule has 1 aliphatic heterocycles. The summed E-state index contributed by atoms with van der Waals surface area (Å²) in [5.41, 5.74) is -0.124. The number of aliphatic hydroxyl groups excluding tert-OH is 1. The van der Waals surface area contributed by atoms with Crippen molar-refractivity contribution in [2.24, 2.45) is 5.92 Å². The monoisotopic (exact) mass is 267 g/mol. The van der Waals surface area contributed by atoms with Gasteiger partial charge in [0.15, 0.2) is 0 Å². The third kappa shape index (κ3) is 1.48. The van der Waals surface area contributed by atoms with Crippen molar-refractivity contribution in [3.8, 4) is 0 Å². The lowest BCUT2D eigenvalue weighted by Crippen LogP contribution is -2.60. The van der Waals surface area contributed by atoms with Crippen molar-refractivity contribution in [1.29, 1.82) is 0 Å². The van der Waals surface area contributed by atoms with E-state index in [-0.39, 0.29) is 12.0 Å². The summed E-state index contributed by atoms with van der Waals surface area (Å²) in [7, 11) is 0. The Labute approximate surface area is 117 Å². The summed E-state index contributed by atoms with van der Waals surface area (Å²) in [4.78, 5) is 0. The maximum absolute atomic E-state index is 11.2. The number of nitrogens with one attached hydrogen (secondary N) is 1. The lowest BCUT2D eigenvalue weighted by atomic mass is 9.65. The standard InChI is InChI=1S/C17H17NO2/c19-15-9-14-16(17(20)8-4-3-7-13(15)17)12-6-2-1-5-11(12)10-18-14/h1-8,10,13-15,18-20H,9H2. The van der Waals surface area contributed by atoms with Gasteiger partial charge in [-0.1, -0.05) is 42.5 Å². The molecule has 0 aromatic heterocycles. The summed E-state index contributed by atoms with van der Waals surface area (Å²) in [5.74, 6) is -0.272. The van der Waals surface area contributed by atoms with Crippen molar-refractivity contribution in [3.63, 3.8) is 0 Å². The van der Waals surface area contributed by atoms with Crippen LogP contribution in [0.3, 0.4) is 0 Å². The Kier molecular flexibility index (Phi) is 2.43.